The Balaban J connectivity index is 2.88. The van der Waals surface area contributed by atoms with E-state index in [4.69, 9.17) is 10.8 Å². The van der Waals surface area contributed by atoms with Crippen LogP contribution in [0.5, 0.6) is 0 Å². The van der Waals surface area contributed by atoms with Gasteiger partial charge in [-0.2, -0.15) is 13.2 Å². The number of nitrogens with one attached hydrogen (secondary N) is 1. The smallest absolute Gasteiger partial charge is 0.389 e. The molecule has 0 aliphatic rings. The van der Waals surface area contributed by atoms with E-state index in [1.54, 1.807) is 0 Å². The molecule has 0 unspecified atom stereocenters. The lowest BCUT2D eigenvalue weighted by atomic mass is 10.2. The van der Waals surface area contributed by atoms with Gasteiger partial charge < -0.3 is 10.8 Å². The predicted molar refractivity (Wildman–Crippen MR) is 68.3 cm³/mol. The second-order valence-electron chi connectivity index (χ2n) is 4.18. The molecular formula is C11H13F3N2O4S. The highest BCUT2D eigenvalue weighted by atomic mass is 32.2. The molecule has 6 nitrogen and oxygen atoms in total. The third-order valence-electron chi connectivity index (χ3n) is 2.45. The first kappa shape index (κ1) is 17.2. The van der Waals surface area contributed by atoms with E-state index in [0.29, 0.717) is 0 Å². The van der Waals surface area contributed by atoms with Gasteiger partial charge in [-0.15, -0.1) is 0 Å². The highest BCUT2D eigenvalue weighted by Crippen LogP contribution is 2.22. The molecule has 21 heavy (non-hydrogen) atoms. The first-order chi connectivity index (χ1) is 9.53. The van der Waals surface area contributed by atoms with Crippen molar-refractivity contribution in [3.05, 3.63) is 23.8 Å². The number of nitrogens with two attached hydrogens (primary N) is 1. The zero-order chi connectivity index (χ0) is 16.3. The zero-order valence-corrected chi connectivity index (χ0v) is 11.5. The molecule has 0 saturated carbocycles. The monoisotopic (exact) mass is 326 g/mol. The van der Waals surface area contributed by atoms with Gasteiger partial charge in [-0.1, -0.05) is 0 Å². The third-order valence-corrected chi connectivity index (χ3v) is 3.96. The van der Waals surface area contributed by atoms with Crippen molar-refractivity contribution < 1.29 is 31.5 Å². The van der Waals surface area contributed by atoms with Crippen molar-refractivity contribution in [2.24, 2.45) is 0 Å². The SMILES string of the molecule is Nc1ccc(C(=O)O)c(S(=O)(=O)NCCCC(F)(F)F)c1. The van der Waals surface area contributed by atoms with E-state index in [9.17, 15) is 26.4 Å². The summed E-state index contributed by atoms with van der Waals surface area (Å²) in [4.78, 5) is 10.4. The van der Waals surface area contributed by atoms with E-state index in [2.05, 4.69) is 0 Å². The lowest BCUT2D eigenvalue weighted by molar-refractivity contribution is -0.135. The molecule has 0 heterocycles. The Morgan fingerprint density at radius 2 is 1.95 bits per heavy atom. The van der Waals surface area contributed by atoms with E-state index < -0.39 is 52.0 Å². The summed E-state index contributed by atoms with van der Waals surface area (Å²) in [5.74, 6) is -1.48. The Kier molecular flexibility index (Phi) is 5.18. The quantitative estimate of drug-likeness (QED) is 0.543. The van der Waals surface area contributed by atoms with Crippen LogP contribution in [0.15, 0.2) is 23.1 Å². The normalized spacial score (nSPS) is 12.3. The van der Waals surface area contributed by atoms with Crippen LogP contribution in [0.2, 0.25) is 0 Å². The standard InChI is InChI=1S/C11H13F3N2O4S/c12-11(13,14)4-1-5-16-21(19,20)9-6-7(15)2-3-8(9)10(17)18/h2-3,6,16H,1,4-5,15H2,(H,17,18). The number of sulfonamides is 1. The van der Waals surface area contributed by atoms with Gasteiger partial charge in [0.25, 0.3) is 0 Å². The summed E-state index contributed by atoms with van der Waals surface area (Å²) in [6.45, 7) is -0.463. The minimum Gasteiger partial charge on any atom is -0.478 e. The fraction of sp³-hybridized carbons (Fsp3) is 0.364. The number of rotatable bonds is 6. The lowest BCUT2D eigenvalue weighted by Crippen LogP contribution is -2.27. The molecule has 0 spiro atoms. The van der Waals surface area contributed by atoms with Crippen LogP contribution < -0.4 is 10.5 Å². The minimum atomic E-state index is -4.38. The molecule has 0 aliphatic carbocycles. The summed E-state index contributed by atoms with van der Waals surface area (Å²) < 4.78 is 61.6. The first-order valence-electron chi connectivity index (χ1n) is 5.72. The van der Waals surface area contributed by atoms with Crippen molar-refractivity contribution in [1.82, 2.24) is 4.72 Å². The molecule has 10 heteroatoms. The predicted octanol–water partition coefficient (Wildman–Crippen LogP) is 1.59. The second kappa shape index (κ2) is 6.31. The van der Waals surface area contributed by atoms with Gasteiger partial charge in [0, 0.05) is 18.7 Å². The van der Waals surface area contributed by atoms with Crippen LogP contribution in [0.4, 0.5) is 18.9 Å². The number of hydrogen-bond acceptors (Lipinski definition) is 4. The molecule has 0 amide bonds. The maximum atomic E-state index is 11.9. The molecule has 0 radical (unpaired) electrons. The van der Waals surface area contributed by atoms with Gasteiger partial charge in [0.1, 0.15) is 0 Å². The van der Waals surface area contributed by atoms with Crippen LogP contribution >= 0.6 is 0 Å². The lowest BCUT2D eigenvalue weighted by Gasteiger charge is -2.11. The largest absolute Gasteiger partial charge is 0.478 e. The number of aromatic carboxylic acids is 1. The van der Waals surface area contributed by atoms with Gasteiger partial charge in [0.2, 0.25) is 10.0 Å². The fourth-order valence-electron chi connectivity index (χ4n) is 1.51. The number of nitrogen functional groups attached to an aromatic ring is 1. The number of carboxylic acids is 1. The molecular weight excluding hydrogens is 313 g/mol. The molecule has 0 fully saturated rings. The van der Waals surface area contributed by atoms with Crippen molar-refractivity contribution in [3.63, 3.8) is 0 Å². The molecule has 1 rings (SSSR count). The van der Waals surface area contributed by atoms with Crippen LogP contribution in [-0.4, -0.2) is 32.2 Å². The number of carboxylic acid groups (broad SMARTS) is 1. The maximum Gasteiger partial charge on any atom is 0.389 e. The number of hydrogen-bond donors (Lipinski definition) is 3. The average Bonchev–Trinajstić information content (AvgIpc) is 2.33. The van der Waals surface area contributed by atoms with E-state index in [0.717, 1.165) is 12.1 Å². The van der Waals surface area contributed by atoms with Crippen molar-refractivity contribution in [2.45, 2.75) is 23.9 Å². The molecule has 118 valence electrons. The Bertz CT molecular complexity index is 629. The van der Waals surface area contributed by atoms with Gasteiger partial charge in [0.05, 0.1) is 10.5 Å². The molecule has 1 aromatic carbocycles. The summed E-state index contributed by atoms with van der Waals surface area (Å²) in [6.07, 6.45) is -5.97. The van der Waals surface area contributed by atoms with Gasteiger partial charge in [-0.25, -0.2) is 17.9 Å². The number of halogens is 3. The van der Waals surface area contributed by atoms with Gasteiger partial charge >= 0.3 is 12.1 Å². The zero-order valence-electron chi connectivity index (χ0n) is 10.6. The molecule has 1 aromatic rings. The molecule has 0 aromatic heterocycles. The van der Waals surface area contributed by atoms with Crippen LogP contribution in [-0.2, 0) is 10.0 Å². The number of alkyl halides is 3. The van der Waals surface area contributed by atoms with Crippen molar-refractivity contribution in [2.75, 3.05) is 12.3 Å². The first-order valence-corrected chi connectivity index (χ1v) is 7.20. The highest BCUT2D eigenvalue weighted by Gasteiger charge is 2.27. The van der Waals surface area contributed by atoms with E-state index >= 15 is 0 Å². The second-order valence-corrected chi connectivity index (χ2v) is 5.91. The van der Waals surface area contributed by atoms with Gasteiger partial charge in [0.15, 0.2) is 0 Å². The third kappa shape index (κ3) is 5.23. The summed E-state index contributed by atoms with van der Waals surface area (Å²) >= 11 is 0. The van der Waals surface area contributed by atoms with Crippen LogP contribution in [0.1, 0.15) is 23.2 Å². The van der Waals surface area contributed by atoms with Crippen LogP contribution in [0, 0.1) is 0 Å². The summed E-state index contributed by atoms with van der Waals surface area (Å²) in [6, 6.07) is 3.17. The molecule has 0 atom stereocenters. The van der Waals surface area contributed by atoms with E-state index in [-0.39, 0.29) is 5.69 Å². The van der Waals surface area contributed by atoms with Crippen LogP contribution in [0.25, 0.3) is 0 Å². The Labute approximate surface area is 118 Å². The number of anilines is 1. The van der Waals surface area contributed by atoms with Gasteiger partial charge in [-0.05, 0) is 24.6 Å². The Morgan fingerprint density at radius 3 is 2.48 bits per heavy atom. The van der Waals surface area contributed by atoms with Crippen molar-refractivity contribution in [3.8, 4) is 0 Å². The van der Waals surface area contributed by atoms with Gasteiger partial charge in [-0.3, -0.25) is 0 Å². The molecule has 0 aliphatic heterocycles. The Morgan fingerprint density at radius 1 is 1.33 bits per heavy atom. The summed E-state index contributed by atoms with van der Waals surface area (Å²) in [5, 5.41) is 8.92. The van der Waals surface area contributed by atoms with E-state index in [1.807, 2.05) is 4.72 Å². The molecule has 4 N–H and O–H groups in total. The highest BCUT2D eigenvalue weighted by molar-refractivity contribution is 7.89. The average molecular weight is 326 g/mol. The summed E-state index contributed by atoms with van der Waals surface area (Å²) in [7, 11) is -4.25. The van der Waals surface area contributed by atoms with Crippen molar-refractivity contribution in [1.29, 1.82) is 0 Å². The number of benzene rings is 1. The van der Waals surface area contributed by atoms with Crippen LogP contribution in [0.3, 0.4) is 0 Å². The minimum absolute atomic E-state index is 0.0238. The van der Waals surface area contributed by atoms with E-state index in [1.165, 1.54) is 6.07 Å². The number of carbonyl (C=O) groups is 1. The fourth-order valence-corrected chi connectivity index (χ4v) is 2.82. The summed E-state index contributed by atoms with van der Waals surface area (Å²) in [5.41, 5.74) is 4.92. The van der Waals surface area contributed by atoms with Crippen molar-refractivity contribution >= 4 is 21.7 Å². The Hall–Kier alpha value is -1.81. The molecule has 0 bridgehead atoms. The maximum absolute atomic E-state index is 11.9. The molecule has 0 saturated heterocycles. The topological polar surface area (TPSA) is 109 Å².